The Morgan fingerprint density at radius 2 is 1.90 bits per heavy atom. The lowest BCUT2D eigenvalue weighted by Gasteiger charge is -2.29. The molecule has 0 aromatic carbocycles. The zero-order chi connectivity index (χ0) is 15.9. The number of ether oxygens (including phenoxy) is 2. The average molecular weight is 300 g/mol. The van der Waals surface area contributed by atoms with Crippen LogP contribution < -0.4 is 5.32 Å². The third-order valence-corrected chi connectivity index (χ3v) is 3.40. The largest absolute Gasteiger partial charge is 0.464 e. The van der Waals surface area contributed by atoms with E-state index < -0.39 is 11.5 Å². The molecule has 6 nitrogen and oxygen atoms in total. The molecule has 1 atom stereocenters. The van der Waals surface area contributed by atoms with E-state index in [4.69, 9.17) is 9.47 Å². The standard InChI is InChI=1S/C15H28N2O4/c1-5-21-13(18)12(16-14(19)15(2,3)4)6-7-17-8-10-20-11-9-17/h12H,5-11H2,1-4H3,(H,16,19)/t12-/m0/s1. The number of rotatable bonds is 6. The van der Waals surface area contributed by atoms with Crippen LogP contribution in [0.5, 0.6) is 0 Å². The van der Waals surface area contributed by atoms with Crippen molar-refractivity contribution in [1.82, 2.24) is 10.2 Å². The van der Waals surface area contributed by atoms with E-state index in [1.807, 2.05) is 20.8 Å². The Hall–Kier alpha value is -1.14. The van der Waals surface area contributed by atoms with Gasteiger partial charge in [-0.3, -0.25) is 9.69 Å². The van der Waals surface area contributed by atoms with Gasteiger partial charge in [-0.25, -0.2) is 4.79 Å². The second-order valence-corrected chi connectivity index (χ2v) is 6.27. The first-order valence-corrected chi connectivity index (χ1v) is 7.62. The molecule has 0 spiro atoms. The Labute approximate surface area is 127 Å². The average Bonchev–Trinajstić information content (AvgIpc) is 2.43. The van der Waals surface area contributed by atoms with Crippen molar-refractivity contribution >= 4 is 11.9 Å². The zero-order valence-electron chi connectivity index (χ0n) is 13.6. The summed E-state index contributed by atoms with van der Waals surface area (Å²) in [6, 6.07) is -0.584. The van der Waals surface area contributed by atoms with Crippen molar-refractivity contribution < 1.29 is 19.1 Å². The molecule has 21 heavy (non-hydrogen) atoms. The first-order valence-electron chi connectivity index (χ1n) is 7.62. The molecule has 1 rings (SSSR count). The van der Waals surface area contributed by atoms with Gasteiger partial charge in [0.2, 0.25) is 5.91 Å². The van der Waals surface area contributed by atoms with E-state index in [0.29, 0.717) is 13.0 Å². The second-order valence-electron chi connectivity index (χ2n) is 6.27. The van der Waals surface area contributed by atoms with Gasteiger partial charge in [-0.05, 0) is 13.3 Å². The lowest BCUT2D eigenvalue weighted by atomic mass is 9.95. The minimum absolute atomic E-state index is 0.137. The van der Waals surface area contributed by atoms with Gasteiger partial charge in [0.25, 0.3) is 0 Å². The number of hydrogen-bond acceptors (Lipinski definition) is 5. The molecule has 0 radical (unpaired) electrons. The van der Waals surface area contributed by atoms with Crippen molar-refractivity contribution in [3.05, 3.63) is 0 Å². The Balaban J connectivity index is 2.55. The molecule has 6 heteroatoms. The Morgan fingerprint density at radius 1 is 1.29 bits per heavy atom. The van der Waals surface area contributed by atoms with Gasteiger partial charge in [-0.2, -0.15) is 0 Å². The van der Waals surface area contributed by atoms with Gasteiger partial charge in [0.05, 0.1) is 19.8 Å². The van der Waals surface area contributed by atoms with Gasteiger partial charge in [0, 0.05) is 25.0 Å². The van der Waals surface area contributed by atoms with Crippen LogP contribution in [0.25, 0.3) is 0 Å². The summed E-state index contributed by atoms with van der Waals surface area (Å²) in [7, 11) is 0. The van der Waals surface area contributed by atoms with Crippen LogP contribution in [0.4, 0.5) is 0 Å². The number of carbonyl (C=O) groups excluding carboxylic acids is 2. The topological polar surface area (TPSA) is 67.9 Å². The maximum Gasteiger partial charge on any atom is 0.328 e. The summed E-state index contributed by atoms with van der Waals surface area (Å²) in [5.74, 6) is -0.495. The number of amides is 1. The first-order chi connectivity index (χ1) is 9.84. The van der Waals surface area contributed by atoms with E-state index in [2.05, 4.69) is 10.2 Å². The van der Waals surface area contributed by atoms with Gasteiger partial charge in [-0.1, -0.05) is 20.8 Å². The molecule has 0 aromatic heterocycles. The molecule has 1 amide bonds. The van der Waals surface area contributed by atoms with E-state index in [0.717, 1.165) is 32.8 Å². The number of nitrogens with zero attached hydrogens (tertiary/aromatic N) is 1. The molecule has 122 valence electrons. The van der Waals surface area contributed by atoms with Crippen LogP contribution >= 0.6 is 0 Å². The van der Waals surface area contributed by atoms with E-state index in [1.54, 1.807) is 6.92 Å². The molecule has 0 bridgehead atoms. The number of morpholine rings is 1. The van der Waals surface area contributed by atoms with Crippen molar-refractivity contribution in [2.45, 2.75) is 40.2 Å². The molecule has 1 heterocycles. The summed E-state index contributed by atoms with van der Waals surface area (Å²) in [5.41, 5.74) is -0.524. The maximum atomic E-state index is 12.1. The third-order valence-electron chi connectivity index (χ3n) is 3.40. The minimum atomic E-state index is -0.584. The monoisotopic (exact) mass is 300 g/mol. The van der Waals surface area contributed by atoms with E-state index in [-0.39, 0.29) is 11.9 Å². The van der Waals surface area contributed by atoms with Crippen LogP contribution in [0.15, 0.2) is 0 Å². The van der Waals surface area contributed by atoms with Gasteiger partial charge < -0.3 is 14.8 Å². The molecule has 1 fully saturated rings. The quantitative estimate of drug-likeness (QED) is 0.735. The lowest BCUT2D eigenvalue weighted by molar-refractivity contribution is -0.148. The first kappa shape index (κ1) is 17.9. The molecule has 1 aliphatic heterocycles. The zero-order valence-corrected chi connectivity index (χ0v) is 13.6. The van der Waals surface area contributed by atoms with Crippen LogP contribution in [0.3, 0.4) is 0 Å². The number of hydrogen-bond donors (Lipinski definition) is 1. The molecule has 0 saturated carbocycles. The minimum Gasteiger partial charge on any atom is -0.464 e. The van der Waals surface area contributed by atoms with E-state index >= 15 is 0 Å². The van der Waals surface area contributed by atoms with Gasteiger partial charge in [-0.15, -0.1) is 0 Å². The fourth-order valence-electron chi connectivity index (χ4n) is 2.00. The van der Waals surface area contributed by atoms with Crippen molar-refractivity contribution in [2.24, 2.45) is 5.41 Å². The molecule has 1 N–H and O–H groups in total. The van der Waals surface area contributed by atoms with Crippen LogP contribution in [0.2, 0.25) is 0 Å². The molecule has 0 aliphatic carbocycles. The molecule has 0 unspecified atom stereocenters. The summed E-state index contributed by atoms with van der Waals surface area (Å²) < 4.78 is 10.4. The second kappa shape index (κ2) is 8.34. The van der Waals surface area contributed by atoms with Gasteiger partial charge in [0.1, 0.15) is 6.04 Å². The smallest absolute Gasteiger partial charge is 0.328 e. The third kappa shape index (κ3) is 6.44. The summed E-state index contributed by atoms with van der Waals surface area (Å²) in [6.07, 6.45) is 0.556. The predicted molar refractivity (Wildman–Crippen MR) is 79.9 cm³/mol. The van der Waals surface area contributed by atoms with Crippen LogP contribution in [0.1, 0.15) is 34.1 Å². The highest BCUT2D eigenvalue weighted by Crippen LogP contribution is 2.14. The van der Waals surface area contributed by atoms with Gasteiger partial charge >= 0.3 is 5.97 Å². The normalized spacial score (nSPS) is 18.1. The van der Waals surface area contributed by atoms with Crippen molar-refractivity contribution in [3.8, 4) is 0 Å². The van der Waals surface area contributed by atoms with Crippen LogP contribution in [0, 0.1) is 5.41 Å². The Morgan fingerprint density at radius 3 is 2.43 bits per heavy atom. The fraction of sp³-hybridized carbons (Fsp3) is 0.867. The lowest BCUT2D eigenvalue weighted by Crippen LogP contribution is -2.48. The highest BCUT2D eigenvalue weighted by atomic mass is 16.5. The predicted octanol–water partition coefficient (Wildman–Crippen LogP) is 0.803. The van der Waals surface area contributed by atoms with Crippen LogP contribution in [-0.2, 0) is 19.1 Å². The van der Waals surface area contributed by atoms with E-state index in [9.17, 15) is 9.59 Å². The summed E-state index contributed by atoms with van der Waals surface area (Å²) in [5, 5.41) is 2.81. The SMILES string of the molecule is CCOC(=O)[C@H](CCN1CCOCC1)NC(=O)C(C)(C)C. The van der Waals surface area contributed by atoms with Crippen LogP contribution in [-0.4, -0.2) is 62.3 Å². The molecule has 1 aliphatic rings. The molecule has 0 aromatic rings. The summed E-state index contributed by atoms with van der Waals surface area (Å²) >= 11 is 0. The molecular weight excluding hydrogens is 272 g/mol. The van der Waals surface area contributed by atoms with Gasteiger partial charge in [0.15, 0.2) is 0 Å². The number of nitrogens with one attached hydrogen (secondary N) is 1. The molecule has 1 saturated heterocycles. The van der Waals surface area contributed by atoms with Crippen molar-refractivity contribution in [1.29, 1.82) is 0 Å². The molecular formula is C15H28N2O4. The number of esters is 1. The Bertz CT molecular complexity index is 346. The summed E-state index contributed by atoms with van der Waals surface area (Å²) in [4.78, 5) is 26.3. The van der Waals surface area contributed by atoms with Crippen molar-refractivity contribution in [2.75, 3.05) is 39.5 Å². The van der Waals surface area contributed by atoms with E-state index in [1.165, 1.54) is 0 Å². The fourth-order valence-corrected chi connectivity index (χ4v) is 2.00. The number of carbonyl (C=O) groups is 2. The highest BCUT2D eigenvalue weighted by molar-refractivity contribution is 5.87. The highest BCUT2D eigenvalue weighted by Gasteiger charge is 2.28. The summed E-state index contributed by atoms with van der Waals surface area (Å²) in [6.45, 7) is 11.5. The van der Waals surface area contributed by atoms with Crippen molar-refractivity contribution in [3.63, 3.8) is 0 Å². The Kier molecular flexibility index (Phi) is 7.11. The maximum absolute atomic E-state index is 12.1.